The van der Waals surface area contributed by atoms with Crippen LogP contribution in [0.1, 0.15) is 36.5 Å². The van der Waals surface area contributed by atoms with Crippen molar-refractivity contribution in [2.75, 3.05) is 11.1 Å². The number of aromatic nitrogens is 1. The lowest BCUT2D eigenvalue weighted by Gasteiger charge is -2.21. The third-order valence-corrected chi connectivity index (χ3v) is 4.86. The van der Waals surface area contributed by atoms with Gasteiger partial charge in [-0.15, -0.1) is 0 Å². The number of anilines is 1. The first-order chi connectivity index (χ1) is 9.11. The molecule has 1 aliphatic carbocycles. The highest BCUT2D eigenvalue weighted by Gasteiger charge is 2.27. The standard InChI is InChI=1S/C13H17ClN2O2S/c1-2-19-11-5-3-4-10(11)16-12-9(14)6-8(7-15-12)13(17)18/h6-7,10-11H,2-5H2,1H3,(H,15,16)(H,17,18). The van der Waals surface area contributed by atoms with Crippen LogP contribution in [0.2, 0.25) is 5.02 Å². The monoisotopic (exact) mass is 300 g/mol. The fourth-order valence-electron chi connectivity index (χ4n) is 2.34. The maximum atomic E-state index is 10.8. The van der Waals surface area contributed by atoms with E-state index in [1.807, 2.05) is 11.8 Å². The van der Waals surface area contributed by atoms with Crippen LogP contribution < -0.4 is 5.32 Å². The summed E-state index contributed by atoms with van der Waals surface area (Å²) in [6.07, 6.45) is 4.87. The highest BCUT2D eigenvalue weighted by molar-refractivity contribution is 7.99. The molecule has 1 fully saturated rings. The molecule has 4 nitrogen and oxygen atoms in total. The molecule has 0 saturated heterocycles. The molecule has 1 heterocycles. The second kappa shape index (κ2) is 6.48. The van der Waals surface area contributed by atoms with E-state index in [0.717, 1.165) is 12.2 Å². The molecule has 0 spiro atoms. The van der Waals surface area contributed by atoms with Gasteiger partial charge in [0.05, 0.1) is 10.6 Å². The van der Waals surface area contributed by atoms with Crippen LogP contribution in [-0.4, -0.2) is 33.1 Å². The molecular formula is C13H17ClN2O2S. The quantitative estimate of drug-likeness (QED) is 0.871. The Bertz CT molecular complexity index is 470. The molecule has 1 aromatic rings. The summed E-state index contributed by atoms with van der Waals surface area (Å²) in [5.41, 5.74) is 0.112. The van der Waals surface area contributed by atoms with Gasteiger partial charge in [-0.2, -0.15) is 11.8 Å². The number of nitrogens with zero attached hydrogens (tertiary/aromatic N) is 1. The predicted octanol–water partition coefficient (Wildman–Crippen LogP) is 3.52. The number of carbonyl (C=O) groups is 1. The molecule has 0 radical (unpaired) electrons. The number of aromatic carboxylic acids is 1. The van der Waals surface area contributed by atoms with Gasteiger partial charge in [0.25, 0.3) is 0 Å². The van der Waals surface area contributed by atoms with Gasteiger partial charge in [-0.1, -0.05) is 24.9 Å². The first kappa shape index (κ1) is 14.5. The maximum absolute atomic E-state index is 10.8. The van der Waals surface area contributed by atoms with Gasteiger partial charge in [0, 0.05) is 17.5 Å². The van der Waals surface area contributed by atoms with Crippen LogP contribution in [0.5, 0.6) is 0 Å². The first-order valence-corrected chi connectivity index (χ1v) is 7.81. The topological polar surface area (TPSA) is 62.2 Å². The molecule has 0 aromatic carbocycles. The third kappa shape index (κ3) is 3.54. The van der Waals surface area contributed by atoms with E-state index in [2.05, 4.69) is 17.2 Å². The molecule has 0 amide bonds. The predicted molar refractivity (Wildman–Crippen MR) is 79.4 cm³/mol. The Labute approximate surface area is 121 Å². The molecule has 104 valence electrons. The zero-order valence-corrected chi connectivity index (χ0v) is 12.3. The Balaban J connectivity index is 2.08. The van der Waals surface area contributed by atoms with Crippen molar-refractivity contribution in [3.8, 4) is 0 Å². The molecule has 2 atom stereocenters. The normalized spacial score (nSPS) is 22.4. The summed E-state index contributed by atoms with van der Waals surface area (Å²) >= 11 is 8.03. The van der Waals surface area contributed by atoms with Gasteiger partial charge >= 0.3 is 5.97 Å². The van der Waals surface area contributed by atoms with Crippen molar-refractivity contribution in [3.05, 3.63) is 22.8 Å². The van der Waals surface area contributed by atoms with Gasteiger partial charge in [0.15, 0.2) is 0 Å². The number of hydrogen-bond acceptors (Lipinski definition) is 4. The van der Waals surface area contributed by atoms with E-state index in [4.69, 9.17) is 16.7 Å². The Morgan fingerprint density at radius 1 is 1.63 bits per heavy atom. The number of rotatable bonds is 5. The summed E-state index contributed by atoms with van der Waals surface area (Å²) < 4.78 is 0. The van der Waals surface area contributed by atoms with E-state index < -0.39 is 5.97 Å². The number of thioether (sulfide) groups is 1. The van der Waals surface area contributed by atoms with Crippen LogP contribution in [0.3, 0.4) is 0 Å². The van der Waals surface area contributed by atoms with Gasteiger partial charge in [-0.25, -0.2) is 9.78 Å². The summed E-state index contributed by atoms with van der Waals surface area (Å²) in [7, 11) is 0. The molecule has 1 saturated carbocycles. The second-order valence-electron chi connectivity index (χ2n) is 4.54. The van der Waals surface area contributed by atoms with Crippen molar-refractivity contribution < 1.29 is 9.90 Å². The fourth-order valence-corrected chi connectivity index (χ4v) is 3.76. The van der Waals surface area contributed by atoms with Crippen LogP contribution in [0.15, 0.2) is 12.3 Å². The number of hydrogen-bond donors (Lipinski definition) is 2. The van der Waals surface area contributed by atoms with Crippen LogP contribution >= 0.6 is 23.4 Å². The smallest absolute Gasteiger partial charge is 0.337 e. The van der Waals surface area contributed by atoms with Crippen LogP contribution in [0.4, 0.5) is 5.82 Å². The van der Waals surface area contributed by atoms with Gasteiger partial charge in [0.1, 0.15) is 5.82 Å². The van der Waals surface area contributed by atoms with Crippen LogP contribution in [0.25, 0.3) is 0 Å². The van der Waals surface area contributed by atoms with Crippen molar-refractivity contribution in [1.82, 2.24) is 4.98 Å². The minimum Gasteiger partial charge on any atom is -0.478 e. The van der Waals surface area contributed by atoms with Gasteiger partial charge in [0.2, 0.25) is 0 Å². The number of carboxylic acids is 1. The minimum atomic E-state index is -1.01. The second-order valence-corrected chi connectivity index (χ2v) is 6.46. The van der Waals surface area contributed by atoms with Crippen molar-refractivity contribution in [3.63, 3.8) is 0 Å². The molecule has 1 aromatic heterocycles. The largest absolute Gasteiger partial charge is 0.478 e. The third-order valence-electron chi connectivity index (χ3n) is 3.24. The van der Waals surface area contributed by atoms with E-state index in [0.29, 0.717) is 22.1 Å². The maximum Gasteiger partial charge on any atom is 0.337 e. The van der Waals surface area contributed by atoms with Crippen LogP contribution in [-0.2, 0) is 0 Å². The Kier molecular flexibility index (Phi) is 4.93. The summed E-state index contributed by atoms with van der Waals surface area (Å²) in [5, 5.41) is 13.2. The van der Waals surface area contributed by atoms with Crippen molar-refractivity contribution in [1.29, 1.82) is 0 Å². The van der Waals surface area contributed by atoms with E-state index in [1.54, 1.807) is 0 Å². The van der Waals surface area contributed by atoms with E-state index in [-0.39, 0.29) is 5.56 Å². The van der Waals surface area contributed by atoms with Crippen molar-refractivity contribution >= 4 is 35.1 Å². The average Bonchev–Trinajstić information content (AvgIpc) is 2.79. The lowest BCUT2D eigenvalue weighted by Crippen LogP contribution is -2.26. The van der Waals surface area contributed by atoms with Crippen LogP contribution in [0, 0.1) is 0 Å². The molecule has 0 bridgehead atoms. The molecule has 19 heavy (non-hydrogen) atoms. The van der Waals surface area contributed by atoms with E-state index in [9.17, 15) is 4.79 Å². The number of carboxylic acid groups (broad SMARTS) is 1. The molecular weight excluding hydrogens is 284 g/mol. The molecule has 0 aliphatic heterocycles. The Morgan fingerprint density at radius 3 is 3.05 bits per heavy atom. The number of pyridine rings is 1. The van der Waals surface area contributed by atoms with Gasteiger partial charge < -0.3 is 10.4 Å². The summed E-state index contributed by atoms with van der Waals surface area (Å²) in [6.45, 7) is 2.16. The van der Waals surface area contributed by atoms with Gasteiger partial charge in [-0.3, -0.25) is 0 Å². The van der Waals surface area contributed by atoms with Gasteiger partial charge in [-0.05, 0) is 24.7 Å². The molecule has 2 N–H and O–H groups in total. The first-order valence-electron chi connectivity index (χ1n) is 6.38. The Morgan fingerprint density at radius 2 is 2.42 bits per heavy atom. The van der Waals surface area contributed by atoms with E-state index in [1.165, 1.54) is 25.1 Å². The van der Waals surface area contributed by atoms with Crippen molar-refractivity contribution in [2.45, 2.75) is 37.5 Å². The molecule has 2 rings (SSSR count). The summed E-state index contributed by atoms with van der Waals surface area (Å²) in [6, 6.07) is 1.81. The zero-order chi connectivity index (χ0) is 13.8. The lowest BCUT2D eigenvalue weighted by atomic mass is 10.2. The fraction of sp³-hybridized carbons (Fsp3) is 0.538. The highest BCUT2D eigenvalue weighted by atomic mass is 35.5. The summed E-state index contributed by atoms with van der Waals surface area (Å²) in [5.74, 6) is 0.670. The molecule has 1 aliphatic rings. The molecule has 2 unspecified atom stereocenters. The highest BCUT2D eigenvalue weighted by Crippen LogP contribution is 2.33. The Hall–Kier alpha value is -0.940. The lowest BCUT2D eigenvalue weighted by molar-refractivity contribution is 0.0696. The zero-order valence-electron chi connectivity index (χ0n) is 10.7. The van der Waals surface area contributed by atoms with E-state index >= 15 is 0 Å². The summed E-state index contributed by atoms with van der Waals surface area (Å²) in [4.78, 5) is 14.9. The molecule has 6 heteroatoms. The SMILES string of the molecule is CCSC1CCCC1Nc1ncc(C(=O)O)cc1Cl. The van der Waals surface area contributed by atoms with Crippen molar-refractivity contribution in [2.24, 2.45) is 0 Å². The number of nitrogens with one attached hydrogen (secondary N) is 1. The average molecular weight is 301 g/mol. The number of halogens is 1. The minimum absolute atomic E-state index is 0.112.